The van der Waals surface area contributed by atoms with Gasteiger partial charge in [0.05, 0.1) is 18.6 Å². The van der Waals surface area contributed by atoms with E-state index >= 15 is 0 Å². The summed E-state index contributed by atoms with van der Waals surface area (Å²) in [5.41, 5.74) is 2.66. The number of hydrogen-bond acceptors (Lipinski definition) is 4. The normalized spacial score (nSPS) is 11.7. The second-order valence-corrected chi connectivity index (χ2v) is 6.76. The molecule has 0 N–H and O–H groups in total. The molecule has 0 aliphatic carbocycles. The Morgan fingerprint density at radius 3 is 2.52 bits per heavy atom. The molecule has 0 spiro atoms. The van der Waals surface area contributed by atoms with Crippen molar-refractivity contribution in [1.82, 2.24) is 9.55 Å². The molecular formula is C23H25N3O3. The van der Waals surface area contributed by atoms with Crippen molar-refractivity contribution in [3.8, 4) is 11.1 Å². The fourth-order valence-corrected chi connectivity index (χ4v) is 3.14. The van der Waals surface area contributed by atoms with E-state index in [2.05, 4.69) is 4.98 Å². The van der Waals surface area contributed by atoms with Gasteiger partial charge < -0.3 is 14.2 Å². The summed E-state index contributed by atoms with van der Waals surface area (Å²) in [6.07, 6.45) is 5.63. The third kappa shape index (κ3) is 4.90. The molecule has 0 saturated carbocycles. The van der Waals surface area contributed by atoms with Gasteiger partial charge in [-0.1, -0.05) is 55.5 Å². The zero-order chi connectivity index (χ0) is 20.6. The number of imidazole rings is 1. The van der Waals surface area contributed by atoms with Crippen molar-refractivity contribution < 1.29 is 14.3 Å². The van der Waals surface area contributed by atoms with E-state index in [1.807, 2.05) is 61.5 Å². The van der Waals surface area contributed by atoms with Crippen molar-refractivity contribution in [3.63, 3.8) is 0 Å². The van der Waals surface area contributed by atoms with Gasteiger partial charge in [0.25, 0.3) is 0 Å². The van der Waals surface area contributed by atoms with Gasteiger partial charge >= 0.3 is 5.97 Å². The highest BCUT2D eigenvalue weighted by Gasteiger charge is 2.32. The molecule has 150 valence electrons. The second-order valence-electron chi connectivity index (χ2n) is 6.76. The van der Waals surface area contributed by atoms with Gasteiger partial charge in [-0.15, -0.1) is 0 Å². The molecule has 0 bridgehead atoms. The fraction of sp³-hybridized carbons (Fsp3) is 0.261. The highest BCUT2D eigenvalue weighted by molar-refractivity contribution is 6.07. The number of amides is 1. The van der Waals surface area contributed by atoms with Crippen molar-refractivity contribution >= 4 is 17.6 Å². The standard InChI is InChI=1S/C23H25N3O3/c1-3-15-29-23(28)20(16-26-14-13-24-17-26)22(27)25(2)21-12-8-7-11-19(21)18-9-5-4-6-10-18/h4-14,17,20H,3,15-16H2,1-2H3/t20-/m0/s1. The van der Waals surface area contributed by atoms with Crippen molar-refractivity contribution in [2.45, 2.75) is 19.9 Å². The average Bonchev–Trinajstić information content (AvgIpc) is 3.29. The lowest BCUT2D eigenvalue weighted by Gasteiger charge is -2.25. The van der Waals surface area contributed by atoms with Crippen LogP contribution in [0.1, 0.15) is 13.3 Å². The Kier molecular flexibility index (Phi) is 6.79. The molecule has 1 amide bonds. The Labute approximate surface area is 170 Å². The summed E-state index contributed by atoms with van der Waals surface area (Å²) in [5.74, 6) is -1.79. The number of carbonyl (C=O) groups excluding carboxylic acids is 2. The number of benzene rings is 2. The molecule has 1 atom stereocenters. The second kappa shape index (κ2) is 9.68. The summed E-state index contributed by atoms with van der Waals surface area (Å²) >= 11 is 0. The van der Waals surface area contributed by atoms with Gasteiger partial charge in [-0.3, -0.25) is 9.59 Å². The zero-order valence-corrected chi connectivity index (χ0v) is 16.7. The van der Waals surface area contributed by atoms with Crippen molar-refractivity contribution in [2.24, 2.45) is 5.92 Å². The summed E-state index contributed by atoms with van der Waals surface area (Å²) in [6, 6.07) is 17.5. The smallest absolute Gasteiger partial charge is 0.320 e. The zero-order valence-electron chi connectivity index (χ0n) is 16.7. The molecule has 1 heterocycles. The monoisotopic (exact) mass is 391 g/mol. The summed E-state index contributed by atoms with van der Waals surface area (Å²) < 4.78 is 7.02. The Morgan fingerprint density at radius 2 is 1.83 bits per heavy atom. The highest BCUT2D eigenvalue weighted by Crippen LogP contribution is 2.31. The van der Waals surface area contributed by atoms with Gasteiger partial charge in [0, 0.05) is 31.5 Å². The van der Waals surface area contributed by atoms with Gasteiger partial charge in [-0.2, -0.15) is 0 Å². The van der Waals surface area contributed by atoms with E-state index < -0.39 is 11.9 Å². The van der Waals surface area contributed by atoms with Crippen LogP contribution in [0.15, 0.2) is 73.3 Å². The molecule has 0 radical (unpaired) electrons. The maximum atomic E-state index is 13.3. The maximum Gasteiger partial charge on any atom is 0.320 e. The number of rotatable bonds is 8. The Balaban J connectivity index is 1.90. The summed E-state index contributed by atoms with van der Waals surface area (Å²) in [7, 11) is 1.69. The number of esters is 1. The minimum Gasteiger partial charge on any atom is -0.465 e. The van der Waals surface area contributed by atoms with E-state index in [1.54, 1.807) is 30.3 Å². The topological polar surface area (TPSA) is 64.4 Å². The van der Waals surface area contributed by atoms with Crippen LogP contribution in [-0.4, -0.2) is 35.1 Å². The quantitative estimate of drug-likeness (QED) is 0.433. The van der Waals surface area contributed by atoms with Crippen LogP contribution in [0.5, 0.6) is 0 Å². The number of anilines is 1. The Bertz CT molecular complexity index is 939. The lowest BCUT2D eigenvalue weighted by atomic mass is 10.0. The van der Waals surface area contributed by atoms with E-state index in [0.717, 1.165) is 16.8 Å². The number of aromatic nitrogens is 2. The molecule has 1 aromatic heterocycles. The molecule has 2 aromatic carbocycles. The number of hydrogen-bond donors (Lipinski definition) is 0. The predicted octanol–water partition coefficient (Wildman–Crippen LogP) is 3.78. The van der Waals surface area contributed by atoms with E-state index in [0.29, 0.717) is 6.42 Å². The first-order valence-electron chi connectivity index (χ1n) is 9.66. The van der Waals surface area contributed by atoms with Crippen LogP contribution >= 0.6 is 0 Å². The molecule has 0 unspecified atom stereocenters. The first-order valence-corrected chi connectivity index (χ1v) is 9.66. The largest absolute Gasteiger partial charge is 0.465 e. The third-order valence-corrected chi connectivity index (χ3v) is 4.66. The van der Waals surface area contributed by atoms with Gasteiger partial charge in [0.1, 0.15) is 0 Å². The number of para-hydroxylation sites is 1. The fourth-order valence-electron chi connectivity index (χ4n) is 3.14. The van der Waals surface area contributed by atoms with Crippen LogP contribution < -0.4 is 4.90 Å². The van der Waals surface area contributed by atoms with Crippen LogP contribution in [0, 0.1) is 5.92 Å². The van der Waals surface area contributed by atoms with Crippen molar-refractivity contribution in [1.29, 1.82) is 0 Å². The number of carbonyl (C=O) groups is 2. The molecule has 29 heavy (non-hydrogen) atoms. The van der Waals surface area contributed by atoms with Gasteiger partial charge in [0.2, 0.25) is 5.91 Å². The first kappa shape index (κ1) is 20.3. The Hall–Kier alpha value is -3.41. The van der Waals surface area contributed by atoms with Crippen LogP contribution in [0.4, 0.5) is 5.69 Å². The van der Waals surface area contributed by atoms with E-state index in [4.69, 9.17) is 4.74 Å². The first-order chi connectivity index (χ1) is 14.1. The third-order valence-electron chi connectivity index (χ3n) is 4.66. The number of nitrogens with zero attached hydrogens (tertiary/aromatic N) is 3. The predicted molar refractivity (Wildman–Crippen MR) is 112 cm³/mol. The molecule has 6 heteroatoms. The van der Waals surface area contributed by atoms with Gasteiger partial charge in [-0.25, -0.2) is 4.98 Å². The molecular weight excluding hydrogens is 366 g/mol. The van der Waals surface area contributed by atoms with Crippen LogP contribution in [0.3, 0.4) is 0 Å². The SMILES string of the molecule is CCCOC(=O)[C@@H](Cn1ccnc1)C(=O)N(C)c1ccccc1-c1ccccc1. The van der Waals surface area contributed by atoms with Crippen LogP contribution in [0.2, 0.25) is 0 Å². The number of ether oxygens (including phenoxy) is 1. The molecule has 0 aliphatic rings. The van der Waals surface area contributed by atoms with E-state index in [-0.39, 0.29) is 19.1 Å². The molecule has 0 saturated heterocycles. The lowest BCUT2D eigenvalue weighted by Crippen LogP contribution is -2.40. The Morgan fingerprint density at radius 1 is 1.10 bits per heavy atom. The molecule has 3 rings (SSSR count). The minimum atomic E-state index is -0.954. The van der Waals surface area contributed by atoms with E-state index in [9.17, 15) is 9.59 Å². The molecule has 0 fully saturated rings. The molecule has 3 aromatic rings. The summed E-state index contributed by atoms with van der Waals surface area (Å²) in [4.78, 5) is 31.5. The van der Waals surface area contributed by atoms with Crippen molar-refractivity contribution in [2.75, 3.05) is 18.6 Å². The van der Waals surface area contributed by atoms with Gasteiger partial charge in [0.15, 0.2) is 5.92 Å². The molecule has 6 nitrogen and oxygen atoms in total. The van der Waals surface area contributed by atoms with Crippen LogP contribution in [0.25, 0.3) is 11.1 Å². The van der Waals surface area contributed by atoms with Crippen molar-refractivity contribution in [3.05, 3.63) is 73.3 Å². The average molecular weight is 391 g/mol. The highest BCUT2D eigenvalue weighted by atomic mass is 16.5. The lowest BCUT2D eigenvalue weighted by molar-refractivity contribution is -0.152. The summed E-state index contributed by atoms with van der Waals surface area (Å²) in [6.45, 7) is 2.39. The minimum absolute atomic E-state index is 0.180. The van der Waals surface area contributed by atoms with E-state index in [1.165, 1.54) is 4.90 Å². The summed E-state index contributed by atoms with van der Waals surface area (Å²) in [5, 5.41) is 0. The molecule has 0 aliphatic heterocycles. The van der Waals surface area contributed by atoms with Gasteiger partial charge in [-0.05, 0) is 18.1 Å². The maximum absolute atomic E-state index is 13.3. The van der Waals surface area contributed by atoms with Crippen LogP contribution in [-0.2, 0) is 20.9 Å².